The normalized spacial score (nSPS) is 10.7. The average Bonchev–Trinajstić information content (AvgIpc) is 1.19. The zero-order valence-electron chi connectivity index (χ0n) is 4.83. The molecule has 0 radical (unpaired) electrons. The minimum atomic E-state index is -1.61. The molecule has 0 bridgehead atoms. The van der Waals surface area contributed by atoms with Crippen molar-refractivity contribution in [1.29, 1.82) is 0 Å². The Hall–Kier alpha value is 1.47. The van der Waals surface area contributed by atoms with Gasteiger partial charge >= 0.3 is 0 Å². The van der Waals surface area contributed by atoms with E-state index in [1.54, 1.807) is 12.5 Å². The third-order valence-corrected chi connectivity index (χ3v) is 0. The summed E-state index contributed by atoms with van der Waals surface area (Å²) in [5.41, 5.74) is 0. The van der Waals surface area contributed by atoms with Crippen molar-refractivity contribution in [1.82, 2.24) is 0 Å². The molecule has 0 saturated heterocycles. The van der Waals surface area contributed by atoms with Crippen LogP contribution in [0.3, 0.4) is 0 Å². The van der Waals surface area contributed by atoms with E-state index < -0.39 is 14.4 Å². The highest BCUT2D eigenvalue weighted by Crippen LogP contribution is 2.29. The highest BCUT2D eigenvalue weighted by molar-refractivity contribution is 7.89. The molecule has 0 aromatic rings. The van der Waals surface area contributed by atoms with E-state index in [4.69, 9.17) is 46.4 Å². The van der Waals surface area contributed by atoms with Crippen molar-refractivity contribution in [3.63, 3.8) is 0 Å². The van der Waals surface area contributed by atoms with Crippen molar-refractivity contribution < 1.29 is 4.55 Å². The van der Waals surface area contributed by atoms with Crippen molar-refractivity contribution in [2.75, 3.05) is 12.5 Å². The van der Waals surface area contributed by atoms with Gasteiger partial charge in [0, 0.05) is 0 Å². The van der Waals surface area contributed by atoms with Crippen LogP contribution in [0.25, 0.3) is 0 Å². The highest BCUT2D eigenvalue weighted by Gasteiger charge is 2.11. The summed E-state index contributed by atoms with van der Waals surface area (Å²) in [4.78, 5) is 0. The van der Waals surface area contributed by atoms with Gasteiger partial charge in [-0.2, -0.15) is 0 Å². The van der Waals surface area contributed by atoms with Gasteiger partial charge in [-0.15, -0.1) is 0 Å². The topological polar surface area (TPSA) is 23.1 Å². The quantitative estimate of drug-likeness (QED) is 0.464. The molecule has 9 heavy (non-hydrogen) atoms. The molecule has 0 aromatic carbocycles. The second kappa shape index (κ2) is 6.20. The first-order valence-electron chi connectivity index (χ1n) is 1.74. The lowest BCUT2D eigenvalue weighted by atomic mass is 11.8. The van der Waals surface area contributed by atoms with Crippen molar-refractivity contribution in [3.05, 3.63) is 0 Å². The third-order valence-electron chi connectivity index (χ3n) is 0. The first-order valence-corrected chi connectivity index (χ1v) is 5.22. The first-order chi connectivity index (χ1) is 3.73. The van der Waals surface area contributed by atoms with Crippen molar-refractivity contribution in [3.8, 4) is 0 Å². The van der Waals surface area contributed by atoms with Crippen molar-refractivity contribution >= 4 is 57.6 Å². The number of alkyl halides is 4. The predicted octanol–water partition coefficient (Wildman–Crippen LogP) is 2.55. The van der Waals surface area contributed by atoms with E-state index in [0.717, 1.165) is 0 Å². The SMILES string of the molecule is C[S+](C)[O-].ClC(Cl)(Cl)Cl. The van der Waals surface area contributed by atoms with Crippen LogP contribution in [-0.2, 0) is 11.2 Å². The molecule has 0 aliphatic rings. The fourth-order valence-electron chi connectivity index (χ4n) is 0. The lowest BCUT2D eigenvalue weighted by Gasteiger charge is -1.91. The maximum atomic E-state index is 9.56. The molecular weight excluding hydrogens is 226 g/mol. The third kappa shape index (κ3) is 245. The van der Waals surface area contributed by atoms with Crippen LogP contribution in [0, 0.1) is 0 Å². The molecule has 0 heterocycles. The Morgan fingerprint density at radius 3 is 1.11 bits per heavy atom. The number of halogens is 4. The molecule has 0 aromatic heterocycles. The Morgan fingerprint density at radius 2 is 1.11 bits per heavy atom. The fourth-order valence-corrected chi connectivity index (χ4v) is 0. The molecule has 0 atom stereocenters. The van der Waals surface area contributed by atoms with Crippen LogP contribution in [0.5, 0.6) is 0 Å². The zero-order chi connectivity index (χ0) is 8.08. The molecule has 0 aliphatic heterocycles. The lowest BCUT2D eigenvalue weighted by Crippen LogP contribution is -1.86. The molecular formula is C3H6Cl4OS. The van der Waals surface area contributed by atoms with Gasteiger partial charge in [-0.05, 0) is 0 Å². The first kappa shape index (κ1) is 13.1. The molecule has 1 nitrogen and oxygen atoms in total. The summed E-state index contributed by atoms with van der Waals surface area (Å²) in [6.45, 7) is 0. The van der Waals surface area contributed by atoms with Crippen LogP contribution in [0.2, 0.25) is 0 Å². The van der Waals surface area contributed by atoms with E-state index in [1.807, 2.05) is 0 Å². The van der Waals surface area contributed by atoms with Gasteiger partial charge in [-0.25, -0.2) is 0 Å². The fraction of sp³-hybridized carbons (Fsp3) is 1.00. The van der Waals surface area contributed by atoms with Crippen LogP contribution in [0.15, 0.2) is 0 Å². The summed E-state index contributed by atoms with van der Waals surface area (Å²) in [6.07, 6.45) is 3.28. The maximum absolute atomic E-state index is 9.56. The Bertz CT molecular complexity index is 52.6. The van der Waals surface area contributed by atoms with Crippen LogP contribution < -0.4 is 0 Å². The number of rotatable bonds is 0. The highest BCUT2D eigenvalue weighted by atomic mass is 35.6. The van der Waals surface area contributed by atoms with E-state index in [9.17, 15) is 4.55 Å². The predicted molar refractivity (Wildman–Crippen MR) is 46.1 cm³/mol. The zero-order valence-corrected chi connectivity index (χ0v) is 8.67. The van der Waals surface area contributed by atoms with E-state index >= 15 is 0 Å². The minimum absolute atomic E-state index is 0.611. The summed E-state index contributed by atoms with van der Waals surface area (Å²) in [5, 5.41) is 0. The molecule has 0 spiro atoms. The summed E-state index contributed by atoms with van der Waals surface area (Å²) >= 11 is 18.7. The van der Waals surface area contributed by atoms with Crippen LogP contribution in [0.4, 0.5) is 0 Å². The lowest BCUT2D eigenvalue weighted by molar-refractivity contribution is 0.606. The largest absolute Gasteiger partial charge is 0.617 e. The van der Waals surface area contributed by atoms with Gasteiger partial charge in [0.2, 0.25) is 0 Å². The number of hydrogen-bond acceptors (Lipinski definition) is 1. The molecule has 0 N–H and O–H groups in total. The molecule has 58 valence electrons. The van der Waals surface area contributed by atoms with Crippen LogP contribution in [-0.4, -0.2) is 20.3 Å². The van der Waals surface area contributed by atoms with Gasteiger partial charge in [-0.1, -0.05) is 57.6 Å². The van der Waals surface area contributed by atoms with Gasteiger partial charge in [-0.3, -0.25) is 0 Å². The van der Waals surface area contributed by atoms with E-state index in [0.29, 0.717) is 0 Å². The molecule has 0 amide bonds. The Kier molecular flexibility index (Phi) is 9.01. The van der Waals surface area contributed by atoms with E-state index in [-0.39, 0.29) is 0 Å². The second-order valence-corrected chi connectivity index (χ2v) is 6.08. The molecule has 0 unspecified atom stereocenters. The standard InChI is InChI=1S/C2H6OS.CCl4/c1-4(2)3;2-1(3,4)5/h1-2H3;. The second-order valence-electron chi connectivity index (χ2n) is 1.17. The van der Waals surface area contributed by atoms with E-state index in [2.05, 4.69) is 0 Å². The Morgan fingerprint density at radius 1 is 1.11 bits per heavy atom. The average molecular weight is 232 g/mol. The minimum Gasteiger partial charge on any atom is -0.617 e. The van der Waals surface area contributed by atoms with Gasteiger partial charge in [0.05, 0.1) is 12.5 Å². The molecule has 0 aliphatic carbocycles. The summed E-state index contributed by atoms with van der Waals surface area (Å²) < 4.78 is 7.94. The molecule has 0 saturated carbocycles. The van der Waals surface area contributed by atoms with Crippen molar-refractivity contribution in [2.45, 2.75) is 3.25 Å². The monoisotopic (exact) mass is 230 g/mol. The van der Waals surface area contributed by atoms with Gasteiger partial charge < -0.3 is 4.55 Å². The molecule has 0 fully saturated rings. The molecule has 0 rings (SSSR count). The van der Waals surface area contributed by atoms with Gasteiger partial charge in [0.25, 0.3) is 3.25 Å². The van der Waals surface area contributed by atoms with Gasteiger partial charge in [0.15, 0.2) is 0 Å². The maximum Gasteiger partial charge on any atom is 0.266 e. The number of hydrogen-bond donors (Lipinski definition) is 0. The molecule has 6 heteroatoms. The smallest absolute Gasteiger partial charge is 0.266 e. The summed E-state index contributed by atoms with van der Waals surface area (Å²) in [7, 11) is 0. The van der Waals surface area contributed by atoms with E-state index in [1.165, 1.54) is 0 Å². The Labute approximate surface area is 77.8 Å². The summed E-state index contributed by atoms with van der Waals surface area (Å²) in [5.74, 6) is 0. The van der Waals surface area contributed by atoms with Crippen LogP contribution in [0.1, 0.15) is 0 Å². The Balaban J connectivity index is 0. The van der Waals surface area contributed by atoms with Crippen LogP contribution >= 0.6 is 46.4 Å². The van der Waals surface area contributed by atoms with Gasteiger partial charge in [0.1, 0.15) is 0 Å². The van der Waals surface area contributed by atoms with Crippen molar-refractivity contribution in [2.24, 2.45) is 0 Å². The summed E-state index contributed by atoms with van der Waals surface area (Å²) in [6, 6.07) is 0.